The first kappa shape index (κ1) is 9.86. The van der Waals surface area contributed by atoms with Crippen molar-refractivity contribution in [3.8, 4) is 11.3 Å². The van der Waals surface area contributed by atoms with Gasteiger partial charge in [-0.05, 0) is 19.1 Å². The second-order valence-corrected chi connectivity index (χ2v) is 3.18. The number of halogens is 1. The predicted molar refractivity (Wildman–Crippen MR) is 52.6 cm³/mol. The molecule has 0 unspecified atom stereocenters. The molecule has 0 bridgehead atoms. The first-order valence-electron chi connectivity index (χ1n) is 4.54. The van der Waals surface area contributed by atoms with Gasteiger partial charge in [-0.3, -0.25) is 0 Å². The Morgan fingerprint density at radius 2 is 2.27 bits per heavy atom. The molecule has 0 radical (unpaired) electrons. The minimum atomic E-state index is -0.319. The number of aryl methyl sites for hydroxylation is 1. The molecule has 1 heterocycles. The van der Waals surface area contributed by atoms with Crippen LogP contribution in [0.1, 0.15) is 11.7 Å². The van der Waals surface area contributed by atoms with Crippen molar-refractivity contribution in [3.63, 3.8) is 0 Å². The van der Waals surface area contributed by atoms with Crippen LogP contribution in [0.4, 0.5) is 4.39 Å². The van der Waals surface area contributed by atoms with Gasteiger partial charge in [-0.2, -0.15) is 0 Å². The molecule has 2 rings (SSSR count). The highest BCUT2D eigenvalue weighted by Gasteiger charge is 2.10. The van der Waals surface area contributed by atoms with Gasteiger partial charge in [0.15, 0.2) is 0 Å². The number of aromatic nitrogens is 1. The topological polar surface area (TPSA) is 46.3 Å². The van der Waals surface area contributed by atoms with Gasteiger partial charge >= 0.3 is 0 Å². The first-order chi connectivity index (χ1) is 7.20. The van der Waals surface area contributed by atoms with Crippen LogP contribution in [0.5, 0.6) is 0 Å². The lowest BCUT2D eigenvalue weighted by molar-refractivity contribution is 0.238. The number of aliphatic hydroxyl groups excluding tert-OH is 1. The molecule has 1 aromatic heterocycles. The number of oxazole rings is 1. The van der Waals surface area contributed by atoms with Crippen molar-refractivity contribution in [2.24, 2.45) is 0 Å². The van der Waals surface area contributed by atoms with E-state index in [9.17, 15) is 4.39 Å². The highest BCUT2D eigenvalue weighted by Crippen LogP contribution is 2.23. The highest BCUT2D eigenvalue weighted by molar-refractivity contribution is 5.60. The van der Waals surface area contributed by atoms with E-state index < -0.39 is 0 Å². The van der Waals surface area contributed by atoms with E-state index in [2.05, 4.69) is 4.98 Å². The molecule has 15 heavy (non-hydrogen) atoms. The van der Waals surface area contributed by atoms with Gasteiger partial charge in [0.2, 0.25) is 5.89 Å². The maximum Gasteiger partial charge on any atom is 0.220 e. The summed E-state index contributed by atoms with van der Waals surface area (Å²) in [7, 11) is 0. The van der Waals surface area contributed by atoms with Gasteiger partial charge in [0.1, 0.15) is 23.9 Å². The van der Waals surface area contributed by atoms with Gasteiger partial charge in [0.05, 0.1) is 0 Å². The van der Waals surface area contributed by atoms with E-state index >= 15 is 0 Å². The monoisotopic (exact) mass is 207 g/mol. The third-order valence-corrected chi connectivity index (χ3v) is 2.07. The van der Waals surface area contributed by atoms with Crippen molar-refractivity contribution >= 4 is 0 Å². The molecule has 0 amide bonds. The molecule has 0 aliphatic carbocycles. The van der Waals surface area contributed by atoms with Crippen LogP contribution in [0.15, 0.2) is 28.7 Å². The van der Waals surface area contributed by atoms with Gasteiger partial charge in [-0.1, -0.05) is 12.1 Å². The Labute approximate surface area is 86.2 Å². The summed E-state index contributed by atoms with van der Waals surface area (Å²) in [5.74, 6) is 0.497. The van der Waals surface area contributed by atoms with Crippen molar-refractivity contribution in [3.05, 3.63) is 41.7 Å². The molecule has 0 atom stereocenters. The summed E-state index contributed by atoms with van der Waals surface area (Å²) >= 11 is 0. The third kappa shape index (κ3) is 1.89. The fourth-order valence-corrected chi connectivity index (χ4v) is 1.42. The summed E-state index contributed by atoms with van der Waals surface area (Å²) in [6.07, 6.45) is 0. The average molecular weight is 207 g/mol. The van der Waals surface area contributed by atoms with E-state index in [1.807, 2.05) is 0 Å². The maximum absolute atomic E-state index is 13.0. The van der Waals surface area contributed by atoms with Crippen LogP contribution in [-0.2, 0) is 6.61 Å². The zero-order chi connectivity index (χ0) is 10.8. The van der Waals surface area contributed by atoms with Crippen LogP contribution < -0.4 is 0 Å². The number of hydrogen-bond donors (Lipinski definition) is 1. The molecule has 0 aliphatic heterocycles. The summed E-state index contributed by atoms with van der Waals surface area (Å²) < 4.78 is 18.1. The number of hydrogen-bond acceptors (Lipinski definition) is 3. The van der Waals surface area contributed by atoms with E-state index in [1.54, 1.807) is 19.1 Å². The molecular formula is C11H10FNO2. The van der Waals surface area contributed by atoms with Gasteiger partial charge in [-0.15, -0.1) is 0 Å². The largest absolute Gasteiger partial charge is 0.443 e. The summed E-state index contributed by atoms with van der Waals surface area (Å²) in [6, 6.07) is 6.10. The van der Waals surface area contributed by atoms with Gasteiger partial charge in [-0.25, -0.2) is 9.37 Å². The van der Waals surface area contributed by atoms with Crippen LogP contribution in [0.3, 0.4) is 0 Å². The van der Waals surface area contributed by atoms with Gasteiger partial charge < -0.3 is 9.52 Å². The summed E-state index contributed by atoms with van der Waals surface area (Å²) in [6.45, 7) is 1.47. The van der Waals surface area contributed by atoms with Crippen molar-refractivity contribution < 1.29 is 13.9 Å². The van der Waals surface area contributed by atoms with Crippen molar-refractivity contribution in [2.45, 2.75) is 13.5 Å². The first-order valence-corrected chi connectivity index (χ1v) is 4.54. The number of aliphatic hydroxyl groups is 1. The van der Waals surface area contributed by atoms with E-state index in [0.717, 1.165) is 0 Å². The molecule has 4 heteroatoms. The van der Waals surface area contributed by atoms with Crippen molar-refractivity contribution in [1.82, 2.24) is 4.98 Å². The predicted octanol–water partition coefficient (Wildman–Crippen LogP) is 2.28. The zero-order valence-corrected chi connectivity index (χ0v) is 8.20. The molecule has 1 aromatic carbocycles. The van der Waals surface area contributed by atoms with E-state index in [1.165, 1.54) is 12.1 Å². The molecule has 0 spiro atoms. The Kier molecular flexibility index (Phi) is 2.51. The van der Waals surface area contributed by atoms with E-state index in [-0.39, 0.29) is 18.3 Å². The lowest BCUT2D eigenvalue weighted by atomic mass is 10.1. The quantitative estimate of drug-likeness (QED) is 0.821. The van der Waals surface area contributed by atoms with Crippen LogP contribution in [0, 0.1) is 12.7 Å². The third-order valence-electron chi connectivity index (χ3n) is 2.07. The normalized spacial score (nSPS) is 10.6. The van der Waals surface area contributed by atoms with E-state index in [4.69, 9.17) is 9.52 Å². The zero-order valence-electron chi connectivity index (χ0n) is 8.20. The van der Waals surface area contributed by atoms with E-state index in [0.29, 0.717) is 17.0 Å². The Morgan fingerprint density at radius 1 is 1.47 bits per heavy atom. The van der Waals surface area contributed by atoms with Gasteiger partial charge in [0, 0.05) is 5.56 Å². The van der Waals surface area contributed by atoms with Crippen LogP contribution in [0.2, 0.25) is 0 Å². The molecule has 0 fully saturated rings. The Balaban J connectivity index is 2.48. The molecule has 78 valence electrons. The molecule has 0 saturated carbocycles. The van der Waals surface area contributed by atoms with Crippen LogP contribution in [0.25, 0.3) is 11.3 Å². The fraction of sp³-hybridized carbons (Fsp3) is 0.182. The van der Waals surface area contributed by atoms with Crippen molar-refractivity contribution in [2.75, 3.05) is 0 Å². The molecule has 1 N–H and O–H groups in total. The smallest absolute Gasteiger partial charge is 0.220 e. The number of rotatable bonds is 2. The molecular weight excluding hydrogens is 197 g/mol. The Hall–Kier alpha value is -1.68. The Morgan fingerprint density at radius 3 is 2.87 bits per heavy atom. The second-order valence-electron chi connectivity index (χ2n) is 3.18. The molecule has 0 saturated heterocycles. The fourth-order valence-electron chi connectivity index (χ4n) is 1.42. The minimum Gasteiger partial charge on any atom is -0.443 e. The van der Waals surface area contributed by atoms with Gasteiger partial charge in [0.25, 0.3) is 0 Å². The molecule has 2 aromatic rings. The number of nitrogens with zero attached hydrogens (tertiary/aromatic N) is 1. The molecule has 3 nitrogen and oxygen atoms in total. The second kappa shape index (κ2) is 3.82. The summed E-state index contributed by atoms with van der Waals surface area (Å²) in [5.41, 5.74) is 1.22. The average Bonchev–Trinajstić information content (AvgIpc) is 2.60. The van der Waals surface area contributed by atoms with Crippen LogP contribution >= 0.6 is 0 Å². The summed E-state index contributed by atoms with van der Waals surface area (Å²) in [4.78, 5) is 4.06. The lowest BCUT2D eigenvalue weighted by Gasteiger charge is -1.96. The Bertz CT molecular complexity index is 479. The lowest BCUT2D eigenvalue weighted by Crippen LogP contribution is -1.84. The SMILES string of the molecule is Cc1oc(CO)nc1-c1cccc(F)c1. The summed E-state index contributed by atoms with van der Waals surface area (Å²) in [5, 5.41) is 8.85. The minimum absolute atomic E-state index is 0.242. The number of benzene rings is 1. The maximum atomic E-state index is 13.0. The molecule has 0 aliphatic rings. The highest BCUT2D eigenvalue weighted by atomic mass is 19.1. The van der Waals surface area contributed by atoms with Crippen molar-refractivity contribution in [1.29, 1.82) is 0 Å². The standard InChI is InChI=1S/C11H10FNO2/c1-7-11(13-10(6-14)15-7)8-3-2-4-9(12)5-8/h2-5,14H,6H2,1H3. The van der Waals surface area contributed by atoms with Crippen LogP contribution in [-0.4, -0.2) is 10.1 Å².